The number of ether oxygens (including phenoxy) is 3. The number of aliphatic hydroxyl groups excluding tert-OH is 1. The van der Waals surface area contributed by atoms with Crippen molar-refractivity contribution in [3.8, 4) is 11.1 Å². The molecule has 0 radical (unpaired) electrons. The Balaban J connectivity index is 1.47. The van der Waals surface area contributed by atoms with Crippen LogP contribution in [0.2, 0.25) is 0 Å². The summed E-state index contributed by atoms with van der Waals surface area (Å²) in [5.74, 6) is 0.143. The Kier molecular flexibility index (Phi) is 8.01. The van der Waals surface area contributed by atoms with Crippen molar-refractivity contribution >= 4 is 0 Å². The van der Waals surface area contributed by atoms with Crippen molar-refractivity contribution in [1.29, 1.82) is 0 Å². The van der Waals surface area contributed by atoms with Gasteiger partial charge in [-0.05, 0) is 55.5 Å². The SMILES string of the molecule is CCOC(CCCNC(O)OCC1c2ccccc2-c2ccccc21)OCC. The van der Waals surface area contributed by atoms with E-state index >= 15 is 0 Å². The highest BCUT2D eigenvalue weighted by atomic mass is 16.7. The summed E-state index contributed by atoms with van der Waals surface area (Å²) in [6.45, 7) is 6.25. The van der Waals surface area contributed by atoms with Crippen LogP contribution in [0, 0.1) is 0 Å². The van der Waals surface area contributed by atoms with Gasteiger partial charge in [-0.25, -0.2) is 0 Å². The van der Waals surface area contributed by atoms with Gasteiger partial charge in [-0.15, -0.1) is 0 Å². The van der Waals surface area contributed by atoms with Gasteiger partial charge >= 0.3 is 0 Å². The molecule has 0 amide bonds. The number of benzene rings is 2. The maximum absolute atomic E-state index is 10.2. The smallest absolute Gasteiger partial charge is 0.213 e. The van der Waals surface area contributed by atoms with Crippen molar-refractivity contribution in [1.82, 2.24) is 5.32 Å². The zero-order chi connectivity index (χ0) is 19.8. The van der Waals surface area contributed by atoms with Crippen LogP contribution in [0.25, 0.3) is 11.1 Å². The Bertz CT molecular complexity index is 685. The van der Waals surface area contributed by atoms with Gasteiger partial charge in [0.1, 0.15) is 0 Å². The molecule has 3 rings (SSSR count). The molecule has 2 aromatic carbocycles. The molecule has 5 heteroatoms. The van der Waals surface area contributed by atoms with Gasteiger partial charge in [0.25, 0.3) is 0 Å². The van der Waals surface area contributed by atoms with Crippen molar-refractivity contribution < 1.29 is 19.3 Å². The Hall–Kier alpha value is -1.76. The molecule has 28 heavy (non-hydrogen) atoms. The highest BCUT2D eigenvalue weighted by molar-refractivity contribution is 5.78. The second-order valence-corrected chi connectivity index (χ2v) is 6.85. The minimum Gasteiger partial charge on any atom is -0.356 e. The van der Waals surface area contributed by atoms with E-state index in [9.17, 15) is 5.11 Å². The second-order valence-electron chi connectivity index (χ2n) is 6.85. The van der Waals surface area contributed by atoms with Crippen LogP contribution in [0.4, 0.5) is 0 Å². The predicted molar refractivity (Wildman–Crippen MR) is 110 cm³/mol. The van der Waals surface area contributed by atoms with Crippen LogP contribution < -0.4 is 5.32 Å². The lowest BCUT2D eigenvalue weighted by molar-refractivity contribution is -0.142. The van der Waals surface area contributed by atoms with Crippen molar-refractivity contribution in [2.45, 2.75) is 45.3 Å². The van der Waals surface area contributed by atoms with Gasteiger partial charge < -0.3 is 19.3 Å². The average molecular weight is 386 g/mol. The first-order chi connectivity index (χ1) is 13.7. The first-order valence-electron chi connectivity index (χ1n) is 10.2. The molecule has 0 spiro atoms. The second kappa shape index (κ2) is 10.7. The van der Waals surface area contributed by atoms with Gasteiger partial charge in [0, 0.05) is 19.1 Å². The highest BCUT2D eigenvalue weighted by Gasteiger charge is 2.28. The number of hydrogen-bond donors (Lipinski definition) is 2. The van der Waals surface area contributed by atoms with Crippen LogP contribution in [-0.4, -0.2) is 44.2 Å². The van der Waals surface area contributed by atoms with Gasteiger partial charge in [0.2, 0.25) is 6.41 Å². The van der Waals surface area contributed by atoms with Gasteiger partial charge in [-0.2, -0.15) is 0 Å². The van der Waals surface area contributed by atoms with E-state index in [0.717, 1.165) is 12.8 Å². The quantitative estimate of drug-likeness (QED) is 0.429. The summed E-state index contributed by atoms with van der Waals surface area (Å²) in [5, 5.41) is 13.2. The van der Waals surface area contributed by atoms with E-state index in [-0.39, 0.29) is 12.2 Å². The fourth-order valence-electron chi connectivity index (χ4n) is 3.77. The standard InChI is InChI=1S/C23H31NO4/c1-3-26-22(27-4-2)14-9-15-24-23(25)28-16-21-19-12-7-5-10-17(19)18-11-6-8-13-20(18)21/h5-8,10-13,21-25H,3-4,9,14-16H2,1-2H3. The van der Waals surface area contributed by atoms with E-state index in [1.807, 2.05) is 13.8 Å². The van der Waals surface area contributed by atoms with Crippen LogP contribution >= 0.6 is 0 Å². The van der Waals surface area contributed by atoms with Gasteiger partial charge in [-0.3, -0.25) is 5.32 Å². The summed E-state index contributed by atoms with van der Waals surface area (Å²) in [6, 6.07) is 16.8. The fourth-order valence-corrected chi connectivity index (χ4v) is 3.77. The molecule has 5 nitrogen and oxygen atoms in total. The predicted octanol–water partition coefficient (Wildman–Crippen LogP) is 3.86. The third kappa shape index (κ3) is 5.19. The molecule has 2 N–H and O–H groups in total. The van der Waals surface area contributed by atoms with Crippen LogP contribution in [0.1, 0.15) is 43.7 Å². The van der Waals surface area contributed by atoms with Crippen LogP contribution in [-0.2, 0) is 14.2 Å². The van der Waals surface area contributed by atoms with Gasteiger partial charge in [-0.1, -0.05) is 48.5 Å². The molecule has 0 saturated carbocycles. The molecule has 1 aliphatic carbocycles. The number of fused-ring (bicyclic) bond motifs is 3. The third-order valence-electron chi connectivity index (χ3n) is 5.02. The Morgan fingerprint density at radius 1 is 0.893 bits per heavy atom. The topological polar surface area (TPSA) is 60.0 Å². The molecule has 0 bridgehead atoms. The summed E-state index contributed by atoms with van der Waals surface area (Å²) < 4.78 is 16.8. The zero-order valence-electron chi connectivity index (χ0n) is 16.8. The van der Waals surface area contributed by atoms with E-state index in [2.05, 4.69) is 53.8 Å². The van der Waals surface area contributed by atoms with Crippen LogP contribution in [0.15, 0.2) is 48.5 Å². The lowest BCUT2D eigenvalue weighted by atomic mass is 9.98. The molecule has 0 saturated heterocycles. The van der Waals surface area contributed by atoms with Gasteiger partial charge in [0.05, 0.1) is 6.61 Å². The Labute approximate surface area is 167 Å². The first-order valence-corrected chi connectivity index (χ1v) is 10.2. The maximum Gasteiger partial charge on any atom is 0.213 e. The molecular formula is C23H31NO4. The summed E-state index contributed by atoms with van der Waals surface area (Å²) in [6.07, 6.45) is 0.448. The van der Waals surface area contributed by atoms with E-state index in [1.165, 1.54) is 22.3 Å². The molecule has 0 fully saturated rings. The number of rotatable bonds is 12. The van der Waals surface area contributed by atoms with Crippen molar-refractivity contribution in [3.63, 3.8) is 0 Å². The molecule has 0 heterocycles. The van der Waals surface area contributed by atoms with E-state index < -0.39 is 6.41 Å². The first kappa shape index (κ1) is 21.0. The van der Waals surface area contributed by atoms with E-state index in [4.69, 9.17) is 14.2 Å². The lowest BCUT2D eigenvalue weighted by Gasteiger charge is -2.20. The monoisotopic (exact) mass is 385 g/mol. The number of nitrogens with one attached hydrogen (secondary N) is 1. The fraction of sp³-hybridized carbons (Fsp3) is 0.478. The summed E-state index contributed by atoms with van der Waals surface area (Å²) in [4.78, 5) is 0. The largest absolute Gasteiger partial charge is 0.356 e. The third-order valence-corrected chi connectivity index (χ3v) is 5.02. The Morgan fingerprint density at radius 3 is 2.04 bits per heavy atom. The lowest BCUT2D eigenvalue weighted by Crippen LogP contribution is -2.34. The molecule has 1 atom stereocenters. The molecule has 1 unspecified atom stereocenters. The van der Waals surface area contributed by atoms with Crippen molar-refractivity contribution in [2.24, 2.45) is 0 Å². The minimum absolute atomic E-state index is 0.143. The number of hydrogen-bond acceptors (Lipinski definition) is 5. The molecule has 152 valence electrons. The summed E-state index contributed by atoms with van der Waals surface area (Å²) in [7, 11) is 0. The Morgan fingerprint density at radius 2 is 1.46 bits per heavy atom. The minimum atomic E-state index is -0.988. The normalized spacial score (nSPS) is 14.3. The zero-order valence-corrected chi connectivity index (χ0v) is 16.8. The summed E-state index contributed by atoms with van der Waals surface area (Å²) in [5.41, 5.74) is 5.03. The molecular weight excluding hydrogens is 354 g/mol. The van der Waals surface area contributed by atoms with Crippen LogP contribution in [0.5, 0.6) is 0 Å². The van der Waals surface area contributed by atoms with Crippen molar-refractivity contribution in [2.75, 3.05) is 26.4 Å². The van der Waals surface area contributed by atoms with E-state index in [0.29, 0.717) is 26.4 Å². The van der Waals surface area contributed by atoms with E-state index in [1.54, 1.807) is 0 Å². The molecule has 0 aliphatic heterocycles. The molecule has 1 aliphatic rings. The van der Waals surface area contributed by atoms with Gasteiger partial charge in [0.15, 0.2) is 6.29 Å². The maximum atomic E-state index is 10.2. The average Bonchev–Trinajstić information content (AvgIpc) is 3.04. The van der Waals surface area contributed by atoms with Crippen molar-refractivity contribution in [3.05, 3.63) is 59.7 Å². The van der Waals surface area contributed by atoms with Crippen LogP contribution in [0.3, 0.4) is 0 Å². The highest BCUT2D eigenvalue weighted by Crippen LogP contribution is 2.44. The molecule has 2 aromatic rings. The number of aliphatic hydroxyl groups is 1. The summed E-state index contributed by atoms with van der Waals surface area (Å²) >= 11 is 0. The molecule has 0 aromatic heterocycles.